The lowest BCUT2D eigenvalue weighted by Gasteiger charge is -2.03. The van der Waals surface area contributed by atoms with Crippen LogP contribution in [-0.4, -0.2) is 11.6 Å². The molecule has 0 aromatic carbocycles. The standard InChI is InChI=1S/C9H12FNO/c1-2-3-6-12-8-4-5-11-9(10)7-8/h4-5,7H,2-3,6H2,1H3. The molecule has 1 heterocycles. The molecule has 0 fully saturated rings. The van der Waals surface area contributed by atoms with Gasteiger partial charge in [-0.3, -0.25) is 0 Å². The first-order valence-corrected chi connectivity index (χ1v) is 4.07. The summed E-state index contributed by atoms with van der Waals surface area (Å²) in [5.41, 5.74) is 0. The third kappa shape index (κ3) is 2.86. The van der Waals surface area contributed by atoms with Crippen LogP contribution >= 0.6 is 0 Å². The van der Waals surface area contributed by atoms with Gasteiger partial charge in [0.1, 0.15) is 5.75 Å². The van der Waals surface area contributed by atoms with Gasteiger partial charge in [-0.15, -0.1) is 0 Å². The van der Waals surface area contributed by atoms with Crippen LogP contribution in [0.25, 0.3) is 0 Å². The summed E-state index contributed by atoms with van der Waals surface area (Å²) in [6.07, 6.45) is 3.47. The highest BCUT2D eigenvalue weighted by molar-refractivity contribution is 5.17. The third-order valence-corrected chi connectivity index (χ3v) is 1.46. The van der Waals surface area contributed by atoms with Crippen molar-refractivity contribution in [3.63, 3.8) is 0 Å². The summed E-state index contributed by atoms with van der Waals surface area (Å²) in [6.45, 7) is 2.72. The summed E-state index contributed by atoms with van der Waals surface area (Å²) in [7, 11) is 0. The number of halogens is 1. The van der Waals surface area contributed by atoms with Crippen molar-refractivity contribution in [1.29, 1.82) is 0 Å². The predicted octanol–water partition coefficient (Wildman–Crippen LogP) is 2.40. The molecule has 0 aliphatic heterocycles. The van der Waals surface area contributed by atoms with Gasteiger partial charge >= 0.3 is 0 Å². The van der Waals surface area contributed by atoms with E-state index in [1.807, 2.05) is 0 Å². The number of hydrogen-bond acceptors (Lipinski definition) is 2. The van der Waals surface area contributed by atoms with Crippen molar-refractivity contribution in [2.45, 2.75) is 19.8 Å². The number of rotatable bonds is 4. The summed E-state index contributed by atoms with van der Waals surface area (Å²) < 4.78 is 17.7. The predicted molar refractivity (Wildman–Crippen MR) is 44.6 cm³/mol. The van der Waals surface area contributed by atoms with Gasteiger partial charge in [0.05, 0.1) is 6.61 Å². The Morgan fingerprint density at radius 2 is 2.42 bits per heavy atom. The first-order valence-electron chi connectivity index (χ1n) is 4.07. The second-order valence-corrected chi connectivity index (χ2v) is 2.52. The van der Waals surface area contributed by atoms with Crippen molar-refractivity contribution in [2.75, 3.05) is 6.61 Å². The lowest BCUT2D eigenvalue weighted by Crippen LogP contribution is -1.96. The molecular formula is C9H12FNO. The number of nitrogens with zero attached hydrogens (tertiary/aromatic N) is 1. The summed E-state index contributed by atoms with van der Waals surface area (Å²) in [6, 6.07) is 2.94. The van der Waals surface area contributed by atoms with Crippen LogP contribution in [0, 0.1) is 5.95 Å². The minimum Gasteiger partial charge on any atom is -0.493 e. The van der Waals surface area contributed by atoms with E-state index < -0.39 is 5.95 Å². The van der Waals surface area contributed by atoms with Gasteiger partial charge in [0, 0.05) is 12.3 Å². The average Bonchev–Trinajstić information content (AvgIpc) is 2.05. The minimum absolute atomic E-state index is 0.496. The quantitative estimate of drug-likeness (QED) is 0.510. The molecule has 0 amide bonds. The fourth-order valence-electron chi connectivity index (χ4n) is 0.809. The number of ether oxygens (including phenoxy) is 1. The fourth-order valence-corrected chi connectivity index (χ4v) is 0.809. The molecule has 3 heteroatoms. The summed E-state index contributed by atoms with van der Waals surface area (Å²) in [4.78, 5) is 3.42. The Balaban J connectivity index is 2.41. The zero-order valence-corrected chi connectivity index (χ0v) is 7.09. The van der Waals surface area contributed by atoms with E-state index in [4.69, 9.17) is 4.74 Å². The molecule has 0 N–H and O–H groups in total. The average molecular weight is 169 g/mol. The van der Waals surface area contributed by atoms with Crippen LogP contribution in [0.4, 0.5) is 4.39 Å². The van der Waals surface area contributed by atoms with Crippen molar-refractivity contribution < 1.29 is 9.13 Å². The molecule has 0 radical (unpaired) electrons. The third-order valence-electron chi connectivity index (χ3n) is 1.46. The molecule has 1 aromatic rings. The number of hydrogen-bond donors (Lipinski definition) is 0. The van der Waals surface area contributed by atoms with Crippen LogP contribution in [-0.2, 0) is 0 Å². The van der Waals surface area contributed by atoms with Crippen molar-refractivity contribution >= 4 is 0 Å². The van der Waals surface area contributed by atoms with Gasteiger partial charge in [0.15, 0.2) is 0 Å². The van der Waals surface area contributed by atoms with E-state index in [2.05, 4.69) is 11.9 Å². The van der Waals surface area contributed by atoms with Gasteiger partial charge in [0.25, 0.3) is 0 Å². The number of unbranched alkanes of at least 4 members (excludes halogenated alkanes) is 1. The molecule has 66 valence electrons. The molecule has 1 rings (SSSR count). The second-order valence-electron chi connectivity index (χ2n) is 2.52. The summed E-state index contributed by atoms with van der Waals surface area (Å²) in [5.74, 6) is 0.0555. The van der Waals surface area contributed by atoms with E-state index in [1.165, 1.54) is 12.3 Å². The molecule has 12 heavy (non-hydrogen) atoms. The monoisotopic (exact) mass is 169 g/mol. The highest BCUT2D eigenvalue weighted by atomic mass is 19.1. The highest BCUT2D eigenvalue weighted by Crippen LogP contribution is 2.09. The molecule has 0 saturated carbocycles. The van der Waals surface area contributed by atoms with Crippen LogP contribution in [0.5, 0.6) is 5.75 Å². The van der Waals surface area contributed by atoms with Crippen LogP contribution in [0.15, 0.2) is 18.3 Å². The molecule has 2 nitrogen and oxygen atoms in total. The number of pyridine rings is 1. The van der Waals surface area contributed by atoms with Gasteiger partial charge in [0.2, 0.25) is 5.95 Å². The zero-order chi connectivity index (χ0) is 8.81. The molecule has 0 unspecified atom stereocenters. The largest absolute Gasteiger partial charge is 0.493 e. The maximum Gasteiger partial charge on any atom is 0.216 e. The lowest BCUT2D eigenvalue weighted by atomic mass is 10.3. The highest BCUT2D eigenvalue weighted by Gasteiger charge is 1.95. The first-order chi connectivity index (χ1) is 5.83. The topological polar surface area (TPSA) is 22.1 Å². The van der Waals surface area contributed by atoms with E-state index in [1.54, 1.807) is 6.07 Å². The number of aromatic nitrogens is 1. The van der Waals surface area contributed by atoms with E-state index in [0.29, 0.717) is 12.4 Å². The van der Waals surface area contributed by atoms with E-state index in [0.717, 1.165) is 12.8 Å². The molecule has 0 saturated heterocycles. The van der Waals surface area contributed by atoms with Gasteiger partial charge in [-0.05, 0) is 12.5 Å². The molecule has 0 aliphatic rings. The fraction of sp³-hybridized carbons (Fsp3) is 0.444. The summed E-state index contributed by atoms with van der Waals surface area (Å²) >= 11 is 0. The molecule has 1 aromatic heterocycles. The minimum atomic E-state index is -0.496. The maximum absolute atomic E-state index is 12.5. The normalized spacial score (nSPS) is 9.83. The maximum atomic E-state index is 12.5. The van der Waals surface area contributed by atoms with E-state index in [-0.39, 0.29) is 0 Å². The molecule has 0 atom stereocenters. The smallest absolute Gasteiger partial charge is 0.216 e. The Kier molecular flexibility index (Phi) is 3.51. The Labute approximate surface area is 71.4 Å². The van der Waals surface area contributed by atoms with Crippen LogP contribution < -0.4 is 4.74 Å². The molecule has 0 bridgehead atoms. The Morgan fingerprint density at radius 3 is 3.08 bits per heavy atom. The summed E-state index contributed by atoms with van der Waals surface area (Å²) in [5, 5.41) is 0. The van der Waals surface area contributed by atoms with Crippen molar-refractivity contribution in [2.24, 2.45) is 0 Å². The van der Waals surface area contributed by atoms with Crippen LogP contribution in [0.1, 0.15) is 19.8 Å². The Morgan fingerprint density at radius 1 is 1.58 bits per heavy atom. The van der Waals surface area contributed by atoms with Crippen molar-refractivity contribution in [3.05, 3.63) is 24.3 Å². The lowest BCUT2D eigenvalue weighted by molar-refractivity contribution is 0.307. The van der Waals surface area contributed by atoms with Crippen LogP contribution in [0.2, 0.25) is 0 Å². The molecule has 0 spiro atoms. The van der Waals surface area contributed by atoms with Gasteiger partial charge in [-0.2, -0.15) is 4.39 Å². The van der Waals surface area contributed by atoms with Crippen molar-refractivity contribution in [3.8, 4) is 5.75 Å². The molecular weight excluding hydrogens is 157 g/mol. The van der Waals surface area contributed by atoms with Gasteiger partial charge < -0.3 is 4.74 Å². The van der Waals surface area contributed by atoms with Crippen LogP contribution in [0.3, 0.4) is 0 Å². The van der Waals surface area contributed by atoms with E-state index in [9.17, 15) is 4.39 Å². The molecule has 0 aliphatic carbocycles. The van der Waals surface area contributed by atoms with E-state index >= 15 is 0 Å². The van der Waals surface area contributed by atoms with Crippen molar-refractivity contribution in [1.82, 2.24) is 4.98 Å². The Bertz CT molecular complexity index is 240. The first kappa shape index (κ1) is 8.97. The zero-order valence-electron chi connectivity index (χ0n) is 7.09. The Hall–Kier alpha value is -1.12. The van der Waals surface area contributed by atoms with Gasteiger partial charge in [-0.1, -0.05) is 13.3 Å². The SMILES string of the molecule is CCCCOc1ccnc(F)c1. The van der Waals surface area contributed by atoms with Gasteiger partial charge in [-0.25, -0.2) is 4.98 Å². The second kappa shape index (κ2) is 4.70.